The predicted molar refractivity (Wildman–Crippen MR) is 159 cm³/mol. The largest absolute Gasteiger partial charge is 0.338 e. The van der Waals surface area contributed by atoms with E-state index in [0.29, 0.717) is 28.8 Å². The Kier molecular flexibility index (Phi) is 7.71. The van der Waals surface area contributed by atoms with Crippen molar-refractivity contribution in [3.8, 4) is 22.4 Å². The van der Waals surface area contributed by atoms with Gasteiger partial charge in [0.2, 0.25) is 16.0 Å². The van der Waals surface area contributed by atoms with Crippen LogP contribution in [0, 0.1) is 0 Å². The fourth-order valence-corrected chi connectivity index (χ4v) is 5.44. The topological polar surface area (TPSA) is 151 Å². The summed E-state index contributed by atoms with van der Waals surface area (Å²) in [6, 6.07) is 8.22. The number of nitrogens with one attached hydrogen (secondary N) is 4. The molecule has 11 nitrogen and oxygen atoms in total. The first-order chi connectivity index (χ1) is 19.0. The monoisotopic (exact) mass is 580 g/mol. The molecule has 40 heavy (non-hydrogen) atoms. The Morgan fingerprint density at radius 2 is 1.82 bits per heavy atom. The summed E-state index contributed by atoms with van der Waals surface area (Å²) in [6.45, 7) is 7.92. The number of nitrogens with zero attached hydrogens (tertiary/aromatic N) is 4. The van der Waals surface area contributed by atoms with Crippen LogP contribution in [0.4, 0.5) is 15.9 Å². The van der Waals surface area contributed by atoms with Crippen molar-refractivity contribution in [2.75, 3.05) is 16.6 Å². The molecule has 1 fully saturated rings. The van der Waals surface area contributed by atoms with Crippen LogP contribution in [0.25, 0.3) is 32.6 Å². The van der Waals surface area contributed by atoms with E-state index >= 15 is 0 Å². The summed E-state index contributed by atoms with van der Waals surface area (Å²) in [7, 11) is -3.66. The van der Waals surface area contributed by atoms with Gasteiger partial charge in [0.25, 0.3) is 0 Å². The Morgan fingerprint density at radius 1 is 1.07 bits per heavy atom. The lowest BCUT2D eigenvalue weighted by molar-refractivity contribution is 0.252. The fourth-order valence-electron chi connectivity index (χ4n) is 3.83. The maximum absolute atomic E-state index is 12.5. The SMILES string of the molecule is CCNC(=O)Nc1nc2cc(-c3cnc(NS(=O)(=O)C(C)(C)C)nc3)cc(-c3cc(CNC4CC4)ccn3)c2s1. The van der Waals surface area contributed by atoms with E-state index in [0.717, 1.165) is 33.6 Å². The number of urea groups is 1. The second kappa shape index (κ2) is 11.1. The molecule has 0 spiro atoms. The van der Waals surface area contributed by atoms with Crippen LogP contribution in [0.2, 0.25) is 0 Å². The molecule has 1 aliphatic carbocycles. The number of aromatic nitrogens is 4. The number of carbonyl (C=O) groups is 1. The van der Waals surface area contributed by atoms with Crippen LogP contribution in [0.5, 0.6) is 0 Å². The molecule has 0 radical (unpaired) electrons. The van der Waals surface area contributed by atoms with Gasteiger partial charge < -0.3 is 10.6 Å². The number of hydrogen-bond donors (Lipinski definition) is 4. The predicted octanol–water partition coefficient (Wildman–Crippen LogP) is 4.75. The zero-order chi connectivity index (χ0) is 28.5. The fraction of sp³-hybridized carbons (Fsp3) is 0.370. The number of thiazole rings is 1. The Morgan fingerprint density at radius 3 is 2.50 bits per heavy atom. The van der Waals surface area contributed by atoms with Gasteiger partial charge >= 0.3 is 6.03 Å². The van der Waals surface area contributed by atoms with Gasteiger partial charge in [-0.1, -0.05) is 11.3 Å². The number of benzene rings is 1. The molecule has 0 unspecified atom stereocenters. The molecule has 4 aromatic rings. The second-order valence-corrected chi connectivity index (χ2v) is 14.0. The minimum Gasteiger partial charge on any atom is -0.338 e. The number of hydrogen-bond acceptors (Lipinski definition) is 9. The minimum atomic E-state index is -3.66. The van der Waals surface area contributed by atoms with Crippen molar-refractivity contribution in [3.05, 3.63) is 48.4 Å². The van der Waals surface area contributed by atoms with Crippen molar-refractivity contribution in [3.63, 3.8) is 0 Å². The Balaban J connectivity index is 1.52. The van der Waals surface area contributed by atoms with E-state index in [-0.39, 0.29) is 12.0 Å². The summed E-state index contributed by atoms with van der Waals surface area (Å²) in [5.41, 5.74) is 4.92. The highest BCUT2D eigenvalue weighted by Gasteiger charge is 2.29. The highest BCUT2D eigenvalue weighted by atomic mass is 32.2. The van der Waals surface area contributed by atoms with E-state index in [9.17, 15) is 13.2 Å². The summed E-state index contributed by atoms with van der Waals surface area (Å²) < 4.78 is 27.3. The van der Waals surface area contributed by atoms with Crippen LogP contribution in [-0.2, 0) is 16.6 Å². The summed E-state index contributed by atoms with van der Waals surface area (Å²) in [5.74, 6) is -0.000381. The summed E-state index contributed by atoms with van der Waals surface area (Å²) in [6.07, 6.45) is 7.36. The zero-order valence-corrected chi connectivity index (χ0v) is 24.4. The van der Waals surface area contributed by atoms with E-state index in [1.165, 1.54) is 24.2 Å². The molecule has 210 valence electrons. The number of pyridine rings is 1. The molecule has 1 saturated carbocycles. The molecule has 0 bridgehead atoms. The van der Waals surface area contributed by atoms with Crippen molar-refractivity contribution in [1.29, 1.82) is 0 Å². The molecule has 4 N–H and O–H groups in total. The minimum absolute atomic E-state index is 0.000381. The van der Waals surface area contributed by atoms with Gasteiger partial charge in [-0.05, 0) is 75.9 Å². The van der Waals surface area contributed by atoms with Gasteiger partial charge in [0, 0.05) is 48.8 Å². The zero-order valence-electron chi connectivity index (χ0n) is 22.8. The summed E-state index contributed by atoms with van der Waals surface area (Å²) in [4.78, 5) is 30.0. The Labute approximate surface area is 237 Å². The van der Waals surface area contributed by atoms with Crippen LogP contribution >= 0.6 is 11.3 Å². The van der Waals surface area contributed by atoms with Crippen molar-refractivity contribution in [2.24, 2.45) is 0 Å². The average Bonchev–Trinajstić information content (AvgIpc) is 3.64. The lowest BCUT2D eigenvalue weighted by atomic mass is 10.0. The summed E-state index contributed by atoms with van der Waals surface area (Å²) >= 11 is 1.38. The van der Waals surface area contributed by atoms with E-state index in [1.807, 2.05) is 25.1 Å². The molecule has 13 heteroatoms. The molecule has 2 amide bonds. The number of anilines is 2. The number of carbonyl (C=O) groups excluding carboxylic acids is 1. The van der Waals surface area contributed by atoms with Crippen molar-refractivity contribution < 1.29 is 13.2 Å². The number of sulfonamides is 1. The molecule has 0 atom stereocenters. The average molecular weight is 581 g/mol. The highest BCUT2D eigenvalue weighted by Crippen LogP contribution is 2.38. The standard InChI is InChI=1S/C27H32N8O3S2/c1-5-28-25(36)34-26-33-22-12-17(18-14-31-24(32-15-18)35-40(37,38)27(2,3)4)11-20(23(22)39-26)21-10-16(8-9-29-21)13-30-19-6-7-19/h8-12,14-15,19,30H,5-7,13H2,1-4H3,(H,31,32,35)(H2,28,33,34,36). The lowest BCUT2D eigenvalue weighted by Gasteiger charge is -2.19. The van der Waals surface area contributed by atoms with Crippen molar-refractivity contribution in [2.45, 2.75) is 57.9 Å². The van der Waals surface area contributed by atoms with Crippen molar-refractivity contribution >= 4 is 48.7 Å². The number of amides is 2. The molecule has 0 aliphatic heterocycles. The van der Waals surface area contributed by atoms with Gasteiger partial charge in [0.05, 0.1) is 20.7 Å². The third kappa shape index (κ3) is 6.37. The summed E-state index contributed by atoms with van der Waals surface area (Å²) in [5, 5.41) is 9.52. The van der Waals surface area contributed by atoms with Crippen LogP contribution in [0.1, 0.15) is 46.1 Å². The molecule has 0 saturated heterocycles. The molecular formula is C27H32N8O3S2. The first-order valence-corrected chi connectivity index (χ1v) is 15.4. The molecule has 1 aliphatic rings. The van der Waals surface area contributed by atoms with E-state index in [4.69, 9.17) is 0 Å². The van der Waals surface area contributed by atoms with Gasteiger partial charge in [-0.15, -0.1) is 0 Å². The Bertz CT molecular complexity index is 1640. The first kappa shape index (κ1) is 27.9. The maximum atomic E-state index is 12.5. The number of rotatable bonds is 9. The maximum Gasteiger partial charge on any atom is 0.321 e. The van der Waals surface area contributed by atoms with E-state index in [1.54, 1.807) is 39.4 Å². The van der Waals surface area contributed by atoms with Crippen LogP contribution < -0.4 is 20.7 Å². The smallest absolute Gasteiger partial charge is 0.321 e. The molecule has 3 heterocycles. The third-order valence-corrected chi connectivity index (χ3v) is 9.42. The van der Waals surface area contributed by atoms with E-state index < -0.39 is 14.8 Å². The van der Waals surface area contributed by atoms with Crippen LogP contribution in [0.3, 0.4) is 0 Å². The molecule has 5 rings (SSSR count). The third-order valence-electron chi connectivity index (χ3n) is 6.34. The highest BCUT2D eigenvalue weighted by molar-refractivity contribution is 7.94. The van der Waals surface area contributed by atoms with Crippen LogP contribution in [-0.4, -0.2) is 51.7 Å². The number of fused-ring (bicyclic) bond motifs is 1. The second-order valence-electron chi connectivity index (χ2n) is 10.6. The Hall–Kier alpha value is -3.68. The van der Waals surface area contributed by atoms with Gasteiger partial charge in [-0.2, -0.15) is 0 Å². The van der Waals surface area contributed by atoms with Crippen molar-refractivity contribution in [1.82, 2.24) is 30.6 Å². The van der Waals surface area contributed by atoms with E-state index in [2.05, 4.69) is 46.7 Å². The molecular weight excluding hydrogens is 548 g/mol. The molecule has 3 aromatic heterocycles. The quantitative estimate of drug-likeness (QED) is 0.221. The molecule has 1 aromatic carbocycles. The van der Waals surface area contributed by atoms with Gasteiger partial charge in [0.1, 0.15) is 0 Å². The first-order valence-electron chi connectivity index (χ1n) is 13.1. The lowest BCUT2D eigenvalue weighted by Crippen LogP contribution is -2.34. The van der Waals surface area contributed by atoms with Crippen LogP contribution in [0.15, 0.2) is 42.9 Å². The van der Waals surface area contributed by atoms with Gasteiger partial charge in [0.15, 0.2) is 5.13 Å². The normalized spacial score (nSPS) is 13.8. The van der Waals surface area contributed by atoms with Gasteiger partial charge in [-0.3, -0.25) is 15.0 Å². The van der Waals surface area contributed by atoms with Gasteiger partial charge in [-0.25, -0.2) is 28.2 Å².